The third-order valence-electron chi connectivity index (χ3n) is 8.09. The number of methoxy groups -OCH3 is 1. The topological polar surface area (TPSA) is 88.2 Å². The minimum absolute atomic E-state index is 0.0361. The third kappa shape index (κ3) is 8.40. The van der Waals surface area contributed by atoms with E-state index in [0.717, 1.165) is 25.0 Å². The molecule has 1 aromatic carbocycles. The van der Waals surface area contributed by atoms with Gasteiger partial charge in [-0.25, -0.2) is 8.42 Å². The first-order chi connectivity index (χ1) is 17.6. The average Bonchev–Trinajstić information content (AvgIpc) is 3.39. The number of aryl methyl sites for hydroxylation is 2. The Morgan fingerprint density at radius 3 is 2.19 bits per heavy atom. The summed E-state index contributed by atoms with van der Waals surface area (Å²) in [5.74, 6) is 1.88. The first kappa shape index (κ1) is 29.9. The molecule has 0 heterocycles. The summed E-state index contributed by atoms with van der Waals surface area (Å²) in [6, 6.07) is 4.17. The number of carbonyl (C=O) groups is 1. The van der Waals surface area contributed by atoms with Crippen LogP contribution in [-0.2, 0) is 19.6 Å². The van der Waals surface area contributed by atoms with E-state index in [-0.39, 0.29) is 30.6 Å². The molecule has 2 aliphatic rings. The fraction of sp³-hybridized carbons (Fsp3) is 0.750. The standard InChI is InChI=1S/C28H47N3O5S/c1-21-16-26(35-5)17-22(2)28(21)37(33,34)31(4)14-15-36-20-27(32)30(3)19-24-12-10-23(11-13-24)18-29-25-8-6-7-9-25/h16-17,23-25,29H,6-15,18-20H2,1-5H3. The van der Waals surface area contributed by atoms with Gasteiger partial charge in [0.1, 0.15) is 12.4 Å². The number of ether oxygens (including phenoxy) is 2. The number of hydrogen-bond donors (Lipinski definition) is 1. The van der Waals surface area contributed by atoms with Gasteiger partial charge >= 0.3 is 0 Å². The average molecular weight is 538 g/mol. The highest BCUT2D eigenvalue weighted by atomic mass is 32.2. The van der Waals surface area contributed by atoms with Gasteiger partial charge in [0, 0.05) is 33.2 Å². The van der Waals surface area contributed by atoms with Gasteiger partial charge in [-0.05, 0) is 94.0 Å². The minimum Gasteiger partial charge on any atom is -0.497 e. The molecule has 1 amide bonds. The molecular formula is C28H47N3O5S. The van der Waals surface area contributed by atoms with Crippen molar-refractivity contribution in [2.24, 2.45) is 11.8 Å². The highest BCUT2D eigenvalue weighted by molar-refractivity contribution is 7.89. The van der Waals surface area contributed by atoms with Crippen LogP contribution in [0.1, 0.15) is 62.5 Å². The lowest BCUT2D eigenvalue weighted by Crippen LogP contribution is -2.38. The molecule has 0 aromatic heterocycles. The van der Waals surface area contributed by atoms with E-state index in [4.69, 9.17) is 9.47 Å². The SMILES string of the molecule is COc1cc(C)c(S(=O)(=O)N(C)CCOCC(=O)N(C)CC2CCC(CNC3CCCC3)CC2)c(C)c1. The third-order valence-corrected chi connectivity index (χ3v) is 10.3. The summed E-state index contributed by atoms with van der Waals surface area (Å²) in [5, 5.41) is 3.76. The number of nitrogens with zero attached hydrogens (tertiary/aromatic N) is 2. The number of amides is 1. The number of hydrogen-bond acceptors (Lipinski definition) is 6. The van der Waals surface area contributed by atoms with Crippen LogP contribution in [-0.4, -0.2) is 83.6 Å². The maximum atomic E-state index is 13.1. The number of nitrogens with one attached hydrogen (secondary N) is 1. The lowest BCUT2D eigenvalue weighted by Gasteiger charge is -2.32. The van der Waals surface area contributed by atoms with E-state index < -0.39 is 10.0 Å². The summed E-state index contributed by atoms with van der Waals surface area (Å²) in [6.07, 6.45) is 10.2. The van der Waals surface area contributed by atoms with Gasteiger partial charge in [-0.15, -0.1) is 0 Å². The maximum Gasteiger partial charge on any atom is 0.248 e. The van der Waals surface area contributed by atoms with Crippen LogP contribution in [0.25, 0.3) is 0 Å². The van der Waals surface area contributed by atoms with Crippen molar-refractivity contribution in [3.8, 4) is 5.75 Å². The summed E-state index contributed by atoms with van der Waals surface area (Å²) in [7, 11) is 1.26. The second-order valence-corrected chi connectivity index (χ2v) is 13.0. The summed E-state index contributed by atoms with van der Waals surface area (Å²) in [4.78, 5) is 14.6. The zero-order valence-corrected chi connectivity index (χ0v) is 24.2. The second-order valence-electron chi connectivity index (χ2n) is 11.0. The molecule has 2 fully saturated rings. The van der Waals surface area contributed by atoms with E-state index >= 15 is 0 Å². The predicted octanol–water partition coefficient (Wildman–Crippen LogP) is 3.75. The van der Waals surface area contributed by atoms with Crippen molar-refractivity contribution in [1.82, 2.24) is 14.5 Å². The summed E-state index contributed by atoms with van der Waals surface area (Å²) < 4.78 is 38.3. The lowest BCUT2D eigenvalue weighted by atomic mass is 9.81. The van der Waals surface area contributed by atoms with Crippen LogP contribution in [0.4, 0.5) is 0 Å². The van der Waals surface area contributed by atoms with E-state index in [9.17, 15) is 13.2 Å². The van der Waals surface area contributed by atoms with Crippen molar-refractivity contribution in [2.45, 2.75) is 76.2 Å². The van der Waals surface area contributed by atoms with E-state index in [1.54, 1.807) is 38.0 Å². The maximum absolute atomic E-state index is 13.1. The van der Waals surface area contributed by atoms with Crippen LogP contribution < -0.4 is 10.1 Å². The quantitative estimate of drug-likeness (QED) is 0.386. The monoisotopic (exact) mass is 537 g/mol. The van der Waals surface area contributed by atoms with Gasteiger partial charge in [0.2, 0.25) is 15.9 Å². The van der Waals surface area contributed by atoms with Gasteiger partial charge in [-0.2, -0.15) is 4.31 Å². The molecule has 2 aliphatic carbocycles. The van der Waals surface area contributed by atoms with Crippen molar-refractivity contribution in [1.29, 1.82) is 0 Å². The number of rotatable bonds is 13. The van der Waals surface area contributed by atoms with Gasteiger partial charge < -0.3 is 19.7 Å². The highest BCUT2D eigenvalue weighted by Crippen LogP contribution is 2.30. The van der Waals surface area contributed by atoms with Crippen molar-refractivity contribution in [2.75, 3.05) is 54.1 Å². The second kappa shape index (κ2) is 13.9. The van der Waals surface area contributed by atoms with Crippen molar-refractivity contribution in [3.63, 3.8) is 0 Å². The zero-order chi connectivity index (χ0) is 27.0. The number of benzene rings is 1. The summed E-state index contributed by atoms with van der Waals surface area (Å²) >= 11 is 0. The Kier molecular flexibility index (Phi) is 11.2. The molecule has 0 bridgehead atoms. The molecule has 0 spiro atoms. The molecule has 0 saturated heterocycles. The van der Waals surface area contributed by atoms with Crippen LogP contribution in [0.3, 0.4) is 0 Å². The Morgan fingerprint density at radius 1 is 1.00 bits per heavy atom. The Bertz CT molecular complexity index is 963. The number of carbonyl (C=O) groups excluding carboxylic acids is 1. The molecule has 0 radical (unpaired) electrons. The molecule has 1 aromatic rings. The molecule has 2 saturated carbocycles. The van der Waals surface area contributed by atoms with E-state index in [1.165, 1.54) is 62.7 Å². The smallest absolute Gasteiger partial charge is 0.248 e. The van der Waals surface area contributed by atoms with E-state index in [1.807, 2.05) is 7.05 Å². The molecule has 0 unspecified atom stereocenters. The molecule has 0 atom stereocenters. The first-order valence-corrected chi connectivity index (χ1v) is 15.2. The van der Waals surface area contributed by atoms with Gasteiger partial charge in [-0.3, -0.25) is 4.79 Å². The molecule has 37 heavy (non-hydrogen) atoms. The summed E-state index contributed by atoms with van der Waals surface area (Å²) in [5.41, 5.74) is 1.28. The van der Waals surface area contributed by atoms with Crippen molar-refractivity contribution in [3.05, 3.63) is 23.3 Å². The fourth-order valence-corrected chi connectivity index (χ4v) is 7.30. The van der Waals surface area contributed by atoms with Gasteiger partial charge in [0.25, 0.3) is 0 Å². The predicted molar refractivity (Wildman–Crippen MR) is 146 cm³/mol. The normalized spacial score (nSPS) is 20.9. The minimum atomic E-state index is -3.68. The summed E-state index contributed by atoms with van der Waals surface area (Å²) in [6.45, 7) is 5.72. The van der Waals surface area contributed by atoms with Gasteiger partial charge in [0.15, 0.2) is 0 Å². The Balaban J connectivity index is 1.35. The van der Waals surface area contributed by atoms with Crippen LogP contribution in [0, 0.1) is 25.7 Å². The zero-order valence-electron chi connectivity index (χ0n) is 23.4. The molecule has 3 rings (SSSR count). The van der Waals surface area contributed by atoms with E-state index in [2.05, 4.69) is 5.32 Å². The Labute approximate surface area is 224 Å². The first-order valence-electron chi connectivity index (χ1n) is 13.8. The van der Waals surface area contributed by atoms with E-state index in [0.29, 0.717) is 22.8 Å². The van der Waals surface area contributed by atoms with Crippen LogP contribution in [0.5, 0.6) is 5.75 Å². The van der Waals surface area contributed by atoms with Crippen LogP contribution >= 0.6 is 0 Å². The van der Waals surface area contributed by atoms with Gasteiger partial charge in [0.05, 0.1) is 18.6 Å². The number of sulfonamides is 1. The molecular weight excluding hydrogens is 490 g/mol. The lowest BCUT2D eigenvalue weighted by molar-refractivity contribution is -0.135. The van der Waals surface area contributed by atoms with Gasteiger partial charge in [-0.1, -0.05) is 12.8 Å². The van der Waals surface area contributed by atoms with Crippen LogP contribution in [0.2, 0.25) is 0 Å². The van der Waals surface area contributed by atoms with Crippen LogP contribution in [0.15, 0.2) is 17.0 Å². The molecule has 210 valence electrons. The number of likely N-dealkylation sites (N-methyl/N-ethyl adjacent to an activating group) is 2. The molecule has 1 N–H and O–H groups in total. The van der Waals surface area contributed by atoms with Crippen molar-refractivity contribution >= 4 is 15.9 Å². The molecule has 8 nitrogen and oxygen atoms in total. The Morgan fingerprint density at radius 2 is 1.59 bits per heavy atom. The fourth-order valence-electron chi connectivity index (χ4n) is 5.74. The largest absolute Gasteiger partial charge is 0.497 e. The molecule has 9 heteroatoms. The Hall–Kier alpha value is -1.68. The molecule has 0 aliphatic heterocycles. The highest BCUT2D eigenvalue weighted by Gasteiger charge is 2.26. The van der Waals surface area contributed by atoms with Crippen molar-refractivity contribution < 1.29 is 22.7 Å².